The number of fused-ring (bicyclic) bond motifs is 1. The van der Waals surface area contributed by atoms with Gasteiger partial charge in [0.25, 0.3) is 0 Å². The van der Waals surface area contributed by atoms with Crippen molar-refractivity contribution in [2.75, 3.05) is 11.4 Å². The number of rotatable bonds is 5. The van der Waals surface area contributed by atoms with E-state index in [4.69, 9.17) is 0 Å². The summed E-state index contributed by atoms with van der Waals surface area (Å²) in [5, 5.41) is 5.06. The predicted molar refractivity (Wildman–Crippen MR) is 94.1 cm³/mol. The number of nitrogens with one attached hydrogen (secondary N) is 1. The number of hydrogen-bond donors (Lipinski definition) is 1. The molecule has 0 aliphatic rings. The third-order valence-corrected chi connectivity index (χ3v) is 4.18. The lowest BCUT2D eigenvalue weighted by molar-refractivity contribution is 0.602. The quantitative estimate of drug-likeness (QED) is 0.607. The van der Waals surface area contributed by atoms with Crippen molar-refractivity contribution in [3.63, 3.8) is 0 Å². The molecule has 3 aromatic heterocycles. The van der Waals surface area contributed by atoms with Gasteiger partial charge in [-0.1, -0.05) is 6.07 Å². The zero-order valence-corrected chi connectivity index (χ0v) is 13.7. The molecule has 7 heteroatoms. The molecule has 25 heavy (non-hydrogen) atoms. The zero-order chi connectivity index (χ0) is 17.2. The summed E-state index contributed by atoms with van der Waals surface area (Å²) in [6.45, 7) is 3.16. The van der Waals surface area contributed by atoms with Crippen molar-refractivity contribution in [1.82, 2.24) is 24.7 Å². The van der Waals surface area contributed by atoms with E-state index in [1.165, 1.54) is 12.4 Å². The Hall–Kier alpha value is -3.22. The van der Waals surface area contributed by atoms with E-state index in [0.29, 0.717) is 24.3 Å². The van der Waals surface area contributed by atoms with E-state index >= 15 is 0 Å². The maximum atomic E-state index is 14.6. The van der Waals surface area contributed by atoms with Crippen LogP contribution in [-0.4, -0.2) is 31.3 Å². The number of benzene rings is 1. The molecule has 0 unspecified atom stereocenters. The summed E-state index contributed by atoms with van der Waals surface area (Å²) in [5.74, 6) is 0.537. The average molecular weight is 336 g/mol. The maximum absolute atomic E-state index is 14.6. The average Bonchev–Trinajstić information content (AvgIpc) is 3.32. The molecule has 0 bridgehead atoms. The minimum Gasteiger partial charge on any atom is -0.352 e. The number of nitrogens with zero attached hydrogens (tertiary/aromatic N) is 5. The topological polar surface area (TPSA) is 62.6 Å². The summed E-state index contributed by atoms with van der Waals surface area (Å²) in [7, 11) is 0. The van der Waals surface area contributed by atoms with Gasteiger partial charge >= 0.3 is 0 Å². The van der Waals surface area contributed by atoms with E-state index in [9.17, 15) is 4.39 Å². The van der Waals surface area contributed by atoms with Crippen LogP contribution in [0.25, 0.3) is 16.7 Å². The van der Waals surface area contributed by atoms with Gasteiger partial charge in [0, 0.05) is 37.2 Å². The second kappa shape index (κ2) is 6.35. The fourth-order valence-corrected chi connectivity index (χ4v) is 2.88. The van der Waals surface area contributed by atoms with Gasteiger partial charge in [-0.05, 0) is 31.2 Å². The van der Waals surface area contributed by atoms with Crippen molar-refractivity contribution in [3.05, 3.63) is 66.6 Å². The van der Waals surface area contributed by atoms with Gasteiger partial charge in [-0.15, -0.1) is 0 Å². The molecule has 6 nitrogen and oxygen atoms in total. The highest BCUT2D eigenvalue weighted by Crippen LogP contribution is 2.24. The molecule has 0 aliphatic heterocycles. The fourth-order valence-electron chi connectivity index (χ4n) is 2.88. The van der Waals surface area contributed by atoms with Crippen molar-refractivity contribution in [3.8, 4) is 5.69 Å². The van der Waals surface area contributed by atoms with Gasteiger partial charge < -0.3 is 9.88 Å². The summed E-state index contributed by atoms with van der Waals surface area (Å²) in [5.41, 5.74) is 2.09. The van der Waals surface area contributed by atoms with Gasteiger partial charge in [0.2, 0.25) is 0 Å². The molecule has 4 aromatic rings. The highest BCUT2D eigenvalue weighted by Gasteiger charge is 2.14. The molecule has 0 saturated heterocycles. The van der Waals surface area contributed by atoms with E-state index in [1.807, 2.05) is 36.2 Å². The van der Waals surface area contributed by atoms with Gasteiger partial charge in [-0.3, -0.25) is 0 Å². The van der Waals surface area contributed by atoms with E-state index in [1.54, 1.807) is 23.1 Å². The number of halogens is 1. The molecule has 0 saturated carbocycles. The van der Waals surface area contributed by atoms with Gasteiger partial charge in [-0.25, -0.2) is 19.0 Å². The summed E-state index contributed by atoms with van der Waals surface area (Å²) in [4.78, 5) is 13.7. The Bertz CT molecular complexity index is 992. The molecule has 0 aliphatic carbocycles. The first-order valence-corrected chi connectivity index (χ1v) is 8.07. The monoisotopic (exact) mass is 336 g/mol. The molecule has 1 aromatic carbocycles. The highest BCUT2D eigenvalue weighted by molar-refractivity contribution is 5.87. The van der Waals surface area contributed by atoms with Crippen molar-refractivity contribution < 1.29 is 4.39 Å². The first-order valence-electron chi connectivity index (χ1n) is 8.07. The first kappa shape index (κ1) is 15.3. The molecular weight excluding hydrogens is 319 g/mol. The number of H-pyrrole nitrogens is 1. The Kier molecular flexibility index (Phi) is 3.89. The van der Waals surface area contributed by atoms with Gasteiger partial charge in [0.05, 0.1) is 11.1 Å². The van der Waals surface area contributed by atoms with E-state index in [2.05, 4.69) is 20.1 Å². The van der Waals surface area contributed by atoms with E-state index in [-0.39, 0.29) is 5.82 Å². The minimum absolute atomic E-state index is 0.259. The van der Waals surface area contributed by atoms with E-state index < -0.39 is 0 Å². The second-order valence-corrected chi connectivity index (χ2v) is 5.68. The van der Waals surface area contributed by atoms with Crippen LogP contribution in [0.4, 0.5) is 10.2 Å². The van der Waals surface area contributed by atoms with Crippen molar-refractivity contribution >= 4 is 16.9 Å². The molecule has 0 atom stereocenters. The number of aromatic nitrogens is 5. The van der Waals surface area contributed by atoms with E-state index in [0.717, 1.165) is 16.9 Å². The third kappa shape index (κ3) is 2.84. The Balaban J connectivity index is 1.65. The predicted octanol–water partition coefficient (Wildman–Crippen LogP) is 3.31. The summed E-state index contributed by atoms with van der Waals surface area (Å²) in [6, 6.07) is 8.91. The standard InChI is InChI=1S/C18H17FN6/c1-2-24(18-15-6-8-20-17(15)21-12-22-18)11-13-4-5-14(10-16(13)19)25-9-3-7-23-25/h3-10,12H,2,11H2,1H3,(H,20,21,22). The summed E-state index contributed by atoms with van der Waals surface area (Å²) < 4.78 is 16.2. The minimum atomic E-state index is -0.259. The molecule has 0 spiro atoms. The highest BCUT2D eigenvalue weighted by atomic mass is 19.1. The molecule has 0 fully saturated rings. The van der Waals surface area contributed by atoms with Gasteiger partial charge in [0.1, 0.15) is 23.6 Å². The summed E-state index contributed by atoms with van der Waals surface area (Å²) in [6.07, 6.45) is 6.81. The lowest BCUT2D eigenvalue weighted by Gasteiger charge is -2.23. The fraction of sp³-hybridized carbons (Fsp3) is 0.167. The van der Waals surface area contributed by atoms with Crippen LogP contribution in [0, 0.1) is 5.82 Å². The molecule has 0 radical (unpaired) electrons. The number of hydrogen-bond acceptors (Lipinski definition) is 4. The van der Waals surface area contributed by atoms with Crippen LogP contribution in [0.15, 0.2) is 55.2 Å². The molecular formula is C18H17FN6. The smallest absolute Gasteiger partial charge is 0.142 e. The Morgan fingerprint density at radius 3 is 2.92 bits per heavy atom. The van der Waals surface area contributed by atoms with Crippen LogP contribution < -0.4 is 4.90 Å². The second-order valence-electron chi connectivity index (χ2n) is 5.68. The normalized spacial score (nSPS) is 11.1. The van der Waals surface area contributed by atoms with Crippen LogP contribution in [0.5, 0.6) is 0 Å². The van der Waals surface area contributed by atoms with Crippen LogP contribution >= 0.6 is 0 Å². The molecule has 3 heterocycles. The van der Waals surface area contributed by atoms with Crippen LogP contribution in [0.3, 0.4) is 0 Å². The van der Waals surface area contributed by atoms with Crippen LogP contribution in [0.1, 0.15) is 12.5 Å². The Morgan fingerprint density at radius 1 is 1.24 bits per heavy atom. The lowest BCUT2D eigenvalue weighted by Crippen LogP contribution is -2.24. The molecule has 126 valence electrons. The van der Waals surface area contributed by atoms with Crippen molar-refractivity contribution in [2.24, 2.45) is 0 Å². The summed E-state index contributed by atoms with van der Waals surface area (Å²) >= 11 is 0. The largest absolute Gasteiger partial charge is 0.352 e. The van der Waals surface area contributed by atoms with Gasteiger partial charge in [-0.2, -0.15) is 5.10 Å². The number of anilines is 1. The number of aromatic amines is 1. The van der Waals surface area contributed by atoms with Crippen molar-refractivity contribution in [2.45, 2.75) is 13.5 Å². The molecule has 0 amide bonds. The third-order valence-electron chi connectivity index (χ3n) is 4.18. The van der Waals surface area contributed by atoms with Crippen LogP contribution in [0.2, 0.25) is 0 Å². The zero-order valence-electron chi connectivity index (χ0n) is 13.7. The SMILES string of the molecule is CCN(Cc1ccc(-n2cccn2)cc1F)c1ncnc2[nH]ccc12. The Labute approximate surface area is 144 Å². The molecule has 4 rings (SSSR count). The lowest BCUT2D eigenvalue weighted by atomic mass is 10.1. The first-order chi connectivity index (χ1) is 12.3. The van der Waals surface area contributed by atoms with Crippen molar-refractivity contribution in [1.29, 1.82) is 0 Å². The van der Waals surface area contributed by atoms with Crippen LogP contribution in [-0.2, 0) is 6.54 Å². The Morgan fingerprint density at radius 2 is 2.16 bits per heavy atom. The van der Waals surface area contributed by atoms with Gasteiger partial charge in [0.15, 0.2) is 0 Å². The maximum Gasteiger partial charge on any atom is 0.142 e. The molecule has 1 N–H and O–H groups in total.